The van der Waals surface area contributed by atoms with E-state index in [0.29, 0.717) is 25.5 Å². The Kier molecular flexibility index (Phi) is 5.59. The molecule has 1 aromatic heterocycles. The molecule has 9 nitrogen and oxygen atoms in total. The van der Waals surface area contributed by atoms with Crippen LogP contribution >= 0.6 is 0 Å². The molecular weight excluding hydrogens is 336 g/mol. The number of nitrogens with one attached hydrogen (secondary N) is 1. The number of nitro groups is 1. The summed E-state index contributed by atoms with van der Waals surface area (Å²) >= 11 is 0. The molecule has 0 atom stereocenters. The van der Waals surface area contributed by atoms with Crippen LogP contribution in [0, 0.1) is 17.0 Å². The van der Waals surface area contributed by atoms with Crippen LogP contribution in [0.4, 0.5) is 23.0 Å². The molecule has 9 heteroatoms. The van der Waals surface area contributed by atoms with Crippen molar-refractivity contribution in [1.29, 1.82) is 0 Å². The van der Waals surface area contributed by atoms with Crippen LogP contribution in [0.15, 0.2) is 30.6 Å². The zero-order valence-electron chi connectivity index (χ0n) is 14.6. The predicted octanol–water partition coefficient (Wildman–Crippen LogP) is 1.55. The van der Waals surface area contributed by atoms with Crippen LogP contribution in [-0.4, -0.2) is 64.2 Å². The lowest BCUT2D eigenvalue weighted by Gasteiger charge is -2.34. The van der Waals surface area contributed by atoms with Gasteiger partial charge in [-0.15, -0.1) is 0 Å². The second-order valence-electron chi connectivity index (χ2n) is 6.14. The minimum Gasteiger partial charge on any atom is -0.395 e. The zero-order valence-corrected chi connectivity index (χ0v) is 14.6. The molecule has 0 bridgehead atoms. The maximum Gasteiger partial charge on any atom is 0.353 e. The van der Waals surface area contributed by atoms with Crippen molar-refractivity contribution in [2.24, 2.45) is 0 Å². The van der Waals surface area contributed by atoms with Crippen LogP contribution in [-0.2, 0) is 0 Å². The van der Waals surface area contributed by atoms with Crippen molar-refractivity contribution < 1.29 is 10.0 Å². The van der Waals surface area contributed by atoms with Crippen molar-refractivity contribution in [3.05, 3.63) is 46.3 Å². The van der Waals surface area contributed by atoms with E-state index in [4.69, 9.17) is 5.11 Å². The van der Waals surface area contributed by atoms with Crippen molar-refractivity contribution in [3.63, 3.8) is 0 Å². The predicted molar refractivity (Wildman–Crippen MR) is 98.9 cm³/mol. The Bertz CT molecular complexity index is 777. The van der Waals surface area contributed by atoms with Gasteiger partial charge in [0.25, 0.3) is 0 Å². The van der Waals surface area contributed by atoms with Gasteiger partial charge >= 0.3 is 5.69 Å². The Morgan fingerprint density at radius 1 is 1.23 bits per heavy atom. The van der Waals surface area contributed by atoms with E-state index < -0.39 is 4.92 Å². The molecule has 2 N–H and O–H groups in total. The summed E-state index contributed by atoms with van der Waals surface area (Å²) < 4.78 is 0. The lowest BCUT2D eigenvalue weighted by molar-refractivity contribution is -0.383. The molecule has 1 aliphatic rings. The van der Waals surface area contributed by atoms with Crippen LogP contribution in [0.2, 0.25) is 0 Å². The summed E-state index contributed by atoms with van der Waals surface area (Å²) in [7, 11) is 0. The standard InChI is InChI=1S/C17H22N6O3/c1-13-4-2-3-5-14(13)20-16-15(23(25)26)17(19-12-18-16)22-8-6-21(7-9-22)10-11-24/h2-5,12,24H,6-11H2,1H3,(H,18,19,20). The van der Waals surface area contributed by atoms with Crippen LogP contribution < -0.4 is 10.2 Å². The number of benzene rings is 1. The molecule has 0 unspecified atom stereocenters. The molecule has 3 rings (SSSR count). The van der Waals surface area contributed by atoms with Gasteiger partial charge in [-0.3, -0.25) is 15.0 Å². The number of aromatic nitrogens is 2. The molecular formula is C17H22N6O3. The maximum atomic E-state index is 11.7. The maximum absolute atomic E-state index is 11.7. The van der Waals surface area contributed by atoms with Crippen LogP contribution in [0.25, 0.3) is 0 Å². The van der Waals surface area contributed by atoms with Gasteiger partial charge in [-0.2, -0.15) is 0 Å². The summed E-state index contributed by atoms with van der Waals surface area (Å²) in [6, 6.07) is 7.56. The van der Waals surface area contributed by atoms with Gasteiger partial charge in [0.05, 0.1) is 11.5 Å². The number of hydrogen-bond acceptors (Lipinski definition) is 8. The number of rotatable bonds is 6. The fraction of sp³-hybridized carbons (Fsp3) is 0.412. The molecule has 0 radical (unpaired) electrons. The van der Waals surface area contributed by atoms with Gasteiger partial charge < -0.3 is 15.3 Å². The summed E-state index contributed by atoms with van der Waals surface area (Å²) in [5.74, 6) is 0.511. The molecule has 1 saturated heterocycles. The highest BCUT2D eigenvalue weighted by atomic mass is 16.6. The summed E-state index contributed by atoms with van der Waals surface area (Å²) in [5.41, 5.74) is 1.62. The molecule has 0 spiro atoms. The monoisotopic (exact) mass is 358 g/mol. The molecule has 26 heavy (non-hydrogen) atoms. The van der Waals surface area contributed by atoms with E-state index in [1.54, 1.807) is 0 Å². The smallest absolute Gasteiger partial charge is 0.353 e. The molecule has 1 aromatic carbocycles. The summed E-state index contributed by atoms with van der Waals surface area (Å²) in [5, 5.41) is 23.9. The first-order valence-electron chi connectivity index (χ1n) is 8.50. The number of nitrogens with zero attached hydrogens (tertiary/aromatic N) is 5. The van der Waals surface area contributed by atoms with Gasteiger partial charge in [0.1, 0.15) is 6.33 Å². The highest BCUT2D eigenvalue weighted by Crippen LogP contribution is 2.34. The fourth-order valence-electron chi connectivity index (χ4n) is 3.03. The van der Waals surface area contributed by atoms with Crippen molar-refractivity contribution in [2.45, 2.75) is 6.92 Å². The van der Waals surface area contributed by atoms with E-state index in [-0.39, 0.29) is 18.1 Å². The van der Waals surface area contributed by atoms with E-state index in [0.717, 1.165) is 24.3 Å². The van der Waals surface area contributed by atoms with Crippen molar-refractivity contribution in [2.75, 3.05) is 49.5 Å². The van der Waals surface area contributed by atoms with Crippen molar-refractivity contribution >= 4 is 23.0 Å². The Hall–Kier alpha value is -2.78. The van der Waals surface area contributed by atoms with Gasteiger partial charge in [-0.1, -0.05) is 18.2 Å². The largest absolute Gasteiger partial charge is 0.395 e. The summed E-state index contributed by atoms with van der Waals surface area (Å²) in [6.45, 7) is 5.32. The van der Waals surface area contributed by atoms with E-state index >= 15 is 0 Å². The number of anilines is 3. The van der Waals surface area contributed by atoms with Gasteiger partial charge in [-0.05, 0) is 18.6 Å². The lowest BCUT2D eigenvalue weighted by atomic mass is 10.2. The number of aliphatic hydroxyl groups is 1. The molecule has 0 saturated carbocycles. The quantitative estimate of drug-likeness (QED) is 0.591. The van der Waals surface area contributed by atoms with Crippen molar-refractivity contribution in [3.8, 4) is 0 Å². The minimum absolute atomic E-state index is 0.109. The fourth-order valence-corrected chi connectivity index (χ4v) is 3.03. The van der Waals surface area contributed by atoms with E-state index in [2.05, 4.69) is 20.2 Å². The van der Waals surface area contributed by atoms with Gasteiger partial charge in [-0.25, -0.2) is 9.97 Å². The lowest BCUT2D eigenvalue weighted by Crippen LogP contribution is -2.47. The third-order valence-corrected chi connectivity index (χ3v) is 4.47. The number of hydrogen-bond donors (Lipinski definition) is 2. The second kappa shape index (κ2) is 8.07. The SMILES string of the molecule is Cc1ccccc1Nc1ncnc(N2CCN(CCO)CC2)c1[N+](=O)[O-]. The Morgan fingerprint density at radius 2 is 1.96 bits per heavy atom. The van der Waals surface area contributed by atoms with Gasteiger partial charge in [0.15, 0.2) is 0 Å². The molecule has 2 aromatic rings. The third kappa shape index (κ3) is 3.89. The first-order valence-corrected chi connectivity index (χ1v) is 8.50. The first-order chi connectivity index (χ1) is 12.6. The van der Waals surface area contributed by atoms with Crippen LogP contribution in [0.1, 0.15) is 5.56 Å². The topological polar surface area (TPSA) is 108 Å². The average Bonchev–Trinajstić information content (AvgIpc) is 2.64. The number of β-amino-alcohol motifs (C(OH)–C–C–N with tert-alkyl or cyclic N) is 1. The molecule has 1 aliphatic heterocycles. The highest BCUT2D eigenvalue weighted by Gasteiger charge is 2.29. The number of piperazine rings is 1. The zero-order chi connectivity index (χ0) is 18.5. The molecule has 2 heterocycles. The number of aliphatic hydroxyl groups excluding tert-OH is 1. The van der Waals surface area contributed by atoms with E-state index in [1.165, 1.54) is 6.33 Å². The van der Waals surface area contributed by atoms with Crippen LogP contribution in [0.3, 0.4) is 0 Å². The van der Waals surface area contributed by atoms with Gasteiger partial charge in [0, 0.05) is 38.4 Å². The molecule has 1 fully saturated rings. The highest BCUT2D eigenvalue weighted by molar-refractivity contribution is 5.75. The first kappa shape index (κ1) is 18.0. The van der Waals surface area contributed by atoms with Crippen molar-refractivity contribution in [1.82, 2.24) is 14.9 Å². The van der Waals surface area contributed by atoms with E-state index in [9.17, 15) is 10.1 Å². The minimum atomic E-state index is -0.434. The average molecular weight is 358 g/mol. The Labute approximate surface area is 151 Å². The summed E-state index contributed by atoms with van der Waals surface area (Å²) in [4.78, 5) is 23.6. The van der Waals surface area contributed by atoms with Crippen LogP contribution in [0.5, 0.6) is 0 Å². The molecule has 138 valence electrons. The Morgan fingerprint density at radius 3 is 2.62 bits per heavy atom. The number of para-hydroxylation sites is 1. The van der Waals surface area contributed by atoms with E-state index in [1.807, 2.05) is 36.1 Å². The summed E-state index contributed by atoms with van der Waals surface area (Å²) in [6.07, 6.45) is 1.35. The molecule has 0 amide bonds. The molecule has 0 aliphatic carbocycles. The number of aryl methyl sites for hydroxylation is 1. The Balaban J connectivity index is 1.88. The second-order valence-corrected chi connectivity index (χ2v) is 6.14. The third-order valence-electron chi connectivity index (χ3n) is 4.47. The normalized spacial score (nSPS) is 15.1. The van der Waals surface area contributed by atoms with Gasteiger partial charge in [0.2, 0.25) is 11.6 Å².